The van der Waals surface area contributed by atoms with Crippen molar-refractivity contribution in [3.8, 4) is 11.8 Å². The highest BCUT2D eigenvalue weighted by Gasteiger charge is 2.34. The fourth-order valence-electron chi connectivity index (χ4n) is 2.53. The number of alkyl halides is 3. The number of nitrogens with one attached hydrogen (secondary N) is 1. The third kappa shape index (κ3) is 5.88. The second kappa shape index (κ2) is 9.26. The Balaban J connectivity index is 2.11. The van der Waals surface area contributed by atoms with Crippen LogP contribution in [0.2, 0.25) is 0 Å². The molecule has 144 valence electrons. The standard InChI is InChI=1S/C20H22F3N3O/c1-3-4-5-10-27-18-11-14(2)6-7-15(18)13-25-19-9-8-16(20(21,22)23)17(12-24)26-19/h6-9,11H,3-5,10,13H2,1-2H3,(H,25,26). The molecule has 1 N–H and O–H groups in total. The van der Waals surface area contributed by atoms with Crippen molar-refractivity contribution < 1.29 is 17.9 Å². The van der Waals surface area contributed by atoms with Crippen LogP contribution in [0.15, 0.2) is 30.3 Å². The first-order valence-electron chi connectivity index (χ1n) is 8.79. The highest BCUT2D eigenvalue weighted by Crippen LogP contribution is 2.32. The molecule has 1 aromatic carbocycles. The Hall–Kier alpha value is -2.75. The van der Waals surface area contributed by atoms with Crippen molar-refractivity contribution in [2.75, 3.05) is 11.9 Å². The number of nitriles is 1. The molecule has 0 radical (unpaired) electrons. The predicted octanol–water partition coefficient (Wildman–Crippen LogP) is 5.46. The van der Waals surface area contributed by atoms with Crippen molar-refractivity contribution >= 4 is 5.82 Å². The van der Waals surface area contributed by atoms with Crippen LogP contribution in [0, 0.1) is 18.3 Å². The van der Waals surface area contributed by atoms with Crippen LogP contribution >= 0.6 is 0 Å². The van der Waals surface area contributed by atoms with Crippen molar-refractivity contribution in [2.45, 2.75) is 45.8 Å². The van der Waals surface area contributed by atoms with Crippen LogP contribution in [0.4, 0.5) is 19.0 Å². The topological polar surface area (TPSA) is 57.9 Å². The number of rotatable bonds is 8. The summed E-state index contributed by atoms with van der Waals surface area (Å²) in [7, 11) is 0. The maximum atomic E-state index is 12.9. The van der Waals surface area contributed by atoms with Crippen LogP contribution in [0.25, 0.3) is 0 Å². The van der Waals surface area contributed by atoms with Gasteiger partial charge in [0.2, 0.25) is 0 Å². The van der Waals surface area contributed by atoms with Crippen LogP contribution in [0.3, 0.4) is 0 Å². The SMILES string of the molecule is CCCCCOc1cc(C)ccc1CNc1ccc(C(F)(F)F)c(C#N)n1. The van der Waals surface area contributed by atoms with Gasteiger partial charge in [-0.1, -0.05) is 31.9 Å². The third-order valence-corrected chi connectivity index (χ3v) is 3.99. The van der Waals surface area contributed by atoms with Gasteiger partial charge in [-0.2, -0.15) is 18.4 Å². The lowest BCUT2D eigenvalue weighted by molar-refractivity contribution is -0.138. The molecule has 0 bridgehead atoms. The summed E-state index contributed by atoms with van der Waals surface area (Å²) in [5, 5.41) is 11.9. The van der Waals surface area contributed by atoms with E-state index in [-0.39, 0.29) is 5.82 Å². The van der Waals surface area contributed by atoms with Gasteiger partial charge in [-0.3, -0.25) is 0 Å². The van der Waals surface area contributed by atoms with Crippen LogP contribution in [-0.4, -0.2) is 11.6 Å². The summed E-state index contributed by atoms with van der Waals surface area (Å²) in [6, 6.07) is 9.38. The van der Waals surface area contributed by atoms with E-state index in [1.165, 1.54) is 12.1 Å². The van der Waals surface area contributed by atoms with E-state index in [4.69, 9.17) is 10.00 Å². The molecular weight excluding hydrogens is 355 g/mol. The van der Waals surface area contributed by atoms with E-state index in [0.29, 0.717) is 13.2 Å². The number of benzene rings is 1. The fraction of sp³-hybridized carbons (Fsp3) is 0.400. The summed E-state index contributed by atoms with van der Waals surface area (Å²) >= 11 is 0. The molecular formula is C20H22F3N3O. The van der Waals surface area contributed by atoms with E-state index in [9.17, 15) is 13.2 Å². The molecule has 0 atom stereocenters. The smallest absolute Gasteiger partial charge is 0.419 e. The number of hydrogen-bond donors (Lipinski definition) is 1. The average Bonchev–Trinajstić information content (AvgIpc) is 2.63. The van der Waals surface area contributed by atoms with Crippen molar-refractivity contribution in [1.82, 2.24) is 4.98 Å². The van der Waals surface area contributed by atoms with Gasteiger partial charge in [-0.25, -0.2) is 4.98 Å². The van der Waals surface area contributed by atoms with Gasteiger partial charge in [0, 0.05) is 12.1 Å². The second-order valence-corrected chi connectivity index (χ2v) is 6.22. The van der Waals surface area contributed by atoms with Crippen molar-refractivity contribution in [2.24, 2.45) is 0 Å². The number of aryl methyl sites for hydroxylation is 1. The fourth-order valence-corrected chi connectivity index (χ4v) is 2.53. The van der Waals surface area contributed by atoms with Gasteiger partial charge in [0.1, 0.15) is 17.6 Å². The van der Waals surface area contributed by atoms with Crippen LogP contribution < -0.4 is 10.1 Å². The quantitative estimate of drug-likeness (QED) is 0.621. The second-order valence-electron chi connectivity index (χ2n) is 6.22. The molecule has 7 heteroatoms. The third-order valence-electron chi connectivity index (χ3n) is 3.99. The monoisotopic (exact) mass is 377 g/mol. The average molecular weight is 377 g/mol. The van der Waals surface area contributed by atoms with Gasteiger partial charge >= 0.3 is 6.18 Å². The number of halogens is 3. The zero-order valence-corrected chi connectivity index (χ0v) is 15.4. The van der Waals surface area contributed by atoms with Crippen LogP contribution in [-0.2, 0) is 12.7 Å². The lowest BCUT2D eigenvalue weighted by Crippen LogP contribution is -2.11. The Morgan fingerprint density at radius 2 is 1.96 bits per heavy atom. The van der Waals surface area contributed by atoms with Gasteiger partial charge in [0.25, 0.3) is 0 Å². The summed E-state index contributed by atoms with van der Waals surface area (Å²) in [6.45, 7) is 5.02. The first kappa shape index (κ1) is 20.6. The molecule has 1 heterocycles. The first-order chi connectivity index (χ1) is 12.8. The Bertz CT molecular complexity index is 813. The minimum Gasteiger partial charge on any atom is -0.493 e. The molecule has 0 saturated heterocycles. The van der Waals surface area contributed by atoms with Crippen LogP contribution in [0.1, 0.15) is 48.6 Å². The number of anilines is 1. The summed E-state index contributed by atoms with van der Waals surface area (Å²) in [4.78, 5) is 3.77. The molecule has 27 heavy (non-hydrogen) atoms. The molecule has 0 unspecified atom stereocenters. The molecule has 0 saturated carbocycles. The van der Waals surface area contributed by atoms with Gasteiger partial charge in [0.15, 0.2) is 5.69 Å². The molecule has 2 aromatic rings. The van der Waals surface area contributed by atoms with E-state index in [1.54, 1.807) is 0 Å². The molecule has 0 aliphatic heterocycles. The summed E-state index contributed by atoms with van der Waals surface area (Å²) in [5.41, 5.74) is 0.249. The number of nitrogens with zero attached hydrogens (tertiary/aromatic N) is 2. The Morgan fingerprint density at radius 3 is 2.63 bits per heavy atom. The molecule has 2 rings (SSSR count). The van der Waals surface area contributed by atoms with Gasteiger partial charge in [0.05, 0.1) is 12.2 Å². The lowest BCUT2D eigenvalue weighted by atomic mass is 10.1. The summed E-state index contributed by atoms with van der Waals surface area (Å²) < 4.78 is 44.4. The van der Waals surface area contributed by atoms with Gasteiger partial charge in [-0.15, -0.1) is 0 Å². The number of aromatic nitrogens is 1. The lowest BCUT2D eigenvalue weighted by Gasteiger charge is -2.14. The van der Waals surface area contributed by atoms with Crippen LogP contribution in [0.5, 0.6) is 5.75 Å². The molecule has 0 aliphatic carbocycles. The van der Waals surface area contributed by atoms with E-state index in [1.807, 2.05) is 25.1 Å². The Kier molecular flexibility index (Phi) is 7.05. The number of hydrogen-bond acceptors (Lipinski definition) is 4. The molecule has 4 nitrogen and oxygen atoms in total. The molecule has 0 amide bonds. The summed E-state index contributed by atoms with van der Waals surface area (Å²) in [5.74, 6) is 0.947. The number of pyridine rings is 1. The largest absolute Gasteiger partial charge is 0.493 e. The number of ether oxygens (including phenoxy) is 1. The minimum absolute atomic E-state index is 0.206. The minimum atomic E-state index is -4.60. The Morgan fingerprint density at radius 1 is 1.19 bits per heavy atom. The Labute approximate surface area is 157 Å². The maximum Gasteiger partial charge on any atom is 0.419 e. The zero-order valence-electron chi connectivity index (χ0n) is 15.4. The molecule has 0 spiro atoms. The predicted molar refractivity (Wildman–Crippen MR) is 97.5 cm³/mol. The first-order valence-corrected chi connectivity index (χ1v) is 8.79. The van der Waals surface area contributed by atoms with Crippen molar-refractivity contribution in [3.63, 3.8) is 0 Å². The number of unbranched alkanes of at least 4 members (excludes halogenated alkanes) is 2. The maximum absolute atomic E-state index is 12.9. The van der Waals surface area contributed by atoms with Gasteiger partial charge in [-0.05, 0) is 37.1 Å². The van der Waals surface area contributed by atoms with E-state index in [2.05, 4.69) is 17.2 Å². The van der Waals surface area contributed by atoms with E-state index < -0.39 is 17.4 Å². The van der Waals surface area contributed by atoms with E-state index >= 15 is 0 Å². The van der Waals surface area contributed by atoms with Crippen molar-refractivity contribution in [1.29, 1.82) is 5.26 Å². The molecule has 0 fully saturated rings. The van der Waals surface area contributed by atoms with Gasteiger partial charge < -0.3 is 10.1 Å². The normalized spacial score (nSPS) is 11.1. The molecule has 1 aromatic heterocycles. The van der Waals surface area contributed by atoms with E-state index in [0.717, 1.165) is 42.2 Å². The highest BCUT2D eigenvalue weighted by molar-refractivity contribution is 5.46. The highest BCUT2D eigenvalue weighted by atomic mass is 19.4. The molecule has 0 aliphatic rings. The zero-order chi connectivity index (χ0) is 19.9. The van der Waals surface area contributed by atoms with Crippen molar-refractivity contribution in [3.05, 3.63) is 52.7 Å². The summed E-state index contributed by atoms with van der Waals surface area (Å²) in [6.07, 6.45) is -1.45.